The number of nitrogens with zero attached hydrogens (tertiary/aromatic N) is 2. The van der Waals surface area contributed by atoms with Gasteiger partial charge in [-0.3, -0.25) is 4.79 Å². The maximum atomic E-state index is 10.7. The molecule has 0 saturated carbocycles. The van der Waals surface area contributed by atoms with Crippen molar-refractivity contribution < 1.29 is 4.79 Å². The molecule has 0 unspecified atom stereocenters. The molecule has 1 amide bonds. The first-order valence-electron chi connectivity index (χ1n) is 7.10. The van der Waals surface area contributed by atoms with Crippen molar-refractivity contribution in [3.63, 3.8) is 0 Å². The molecule has 0 aliphatic carbocycles. The van der Waals surface area contributed by atoms with E-state index < -0.39 is 0 Å². The third-order valence-electron chi connectivity index (χ3n) is 3.54. The van der Waals surface area contributed by atoms with Crippen LogP contribution < -0.4 is 10.2 Å². The molecule has 4 heteroatoms. The molecule has 4 nitrogen and oxygen atoms in total. The Morgan fingerprint density at radius 3 is 2.45 bits per heavy atom. The summed E-state index contributed by atoms with van der Waals surface area (Å²) in [5.74, 6) is 0.0000596. The zero-order chi connectivity index (χ0) is 14.4. The quantitative estimate of drug-likeness (QED) is 0.905. The van der Waals surface area contributed by atoms with Crippen molar-refractivity contribution in [1.29, 1.82) is 0 Å². The second-order valence-corrected chi connectivity index (χ2v) is 5.22. The maximum absolute atomic E-state index is 10.7. The van der Waals surface area contributed by atoms with Crippen molar-refractivity contribution in [3.05, 3.63) is 35.9 Å². The van der Waals surface area contributed by atoms with E-state index in [1.165, 1.54) is 12.6 Å². The van der Waals surface area contributed by atoms with Crippen LogP contribution in [0.4, 0.5) is 5.69 Å². The Hall–Kier alpha value is -1.81. The first kappa shape index (κ1) is 14.6. The molecule has 1 aliphatic rings. The summed E-state index contributed by atoms with van der Waals surface area (Å²) >= 11 is 0. The fourth-order valence-corrected chi connectivity index (χ4v) is 2.26. The van der Waals surface area contributed by atoms with Crippen molar-refractivity contribution >= 4 is 17.7 Å². The van der Waals surface area contributed by atoms with E-state index in [9.17, 15) is 4.79 Å². The van der Waals surface area contributed by atoms with Crippen molar-refractivity contribution in [2.45, 2.75) is 6.92 Å². The summed E-state index contributed by atoms with van der Waals surface area (Å²) in [6, 6.07) is 8.59. The minimum Gasteiger partial charge on any atom is -0.369 e. The van der Waals surface area contributed by atoms with Crippen LogP contribution >= 0.6 is 0 Å². The van der Waals surface area contributed by atoms with E-state index in [4.69, 9.17) is 0 Å². The Balaban J connectivity index is 1.88. The first-order valence-corrected chi connectivity index (χ1v) is 7.10. The number of nitrogens with one attached hydrogen (secondary N) is 1. The zero-order valence-electron chi connectivity index (χ0n) is 12.3. The number of likely N-dealkylation sites (N-methyl/N-ethyl adjacent to an activating group) is 1. The molecule has 1 aliphatic heterocycles. The minimum atomic E-state index is 0.0000596. The fourth-order valence-electron chi connectivity index (χ4n) is 2.26. The molecule has 1 saturated heterocycles. The van der Waals surface area contributed by atoms with Crippen LogP contribution in [0.25, 0.3) is 6.08 Å². The predicted molar refractivity (Wildman–Crippen MR) is 83.9 cm³/mol. The summed E-state index contributed by atoms with van der Waals surface area (Å²) < 4.78 is 0. The molecule has 108 valence electrons. The highest BCUT2D eigenvalue weighted by atomic mass is 16.1. The van der Waals surface area contributed by atoms with E-state index in [1.54, 1.807) is 0 Å². The average Bonchev–Trinajstić information content (AvgIpc) is 2.45. The zero-order valence-corrected chi connectivity index (χ0v) is 12.3. The molecule has 2 rings (SSSR count). The SMILES string of the molecule is CC(=O)NCC=Cc1ccc(N2CCN(C)CC2)cc1. The minimum absolute atomic E-state index is 0.0000596. The largest absolute Gasteiger partial charge is 0.369 e. The number of anilines is 1. The van der Waals surface area contributed by atoms with Gasteiger partial charge in [0.15, 0.2) is 0 Å². The molecule has 1 aromatic rings. The standard InChI is InChI=1S/C16H23N3O/c1-14(20)17-9-3-4-15-5-7-16(8-6-15)19-12-10-18(2)11-13-19/h3-8H,9-13H2,1-2H3,(H,17,20). The molecule has 1 aromatic carbocycles. The first-order chi connectivity index (χ1) is 9.65. The number of piperazine rings is 1. The second kappa shape index (κ2) is 7.10. The molecular formula is C16H23N3O. The van der Waals surface area contributed by atoms with Gasteiger partial charge in [-0.15, -0.1) is 0 Å². The van der Waals surface area contributed by atoms with Gasteiger partial charge in [-0.25, -0.2) is 0 Å². The van der Waals surface area contributed by atoms with E-state index in [0.29, 0.717) is 6.54 Å². The molecule has 20 heavy (non-hydrogen) atoms. The van der Waals surface area contributed by atoms with Crippen molar-refractivity contribution in [1.82, 2.24) is 10.2 Å². The van der Waals surface area contributed by atoms with Gasteiger partial charge in [-0.1, -0.05) is 24.3 Å². The highest BCUT2D eigenvalue weighted by molar-refractivity contribution is 5.73. The smallest absolute Gasteiger partial charge is 0.217 e. The molecular weight excluding hydrogens is 250 g/mol. The van der Waals surface area contributed by atoms with Gasteiger partial charge in [0.1, 0.15) is 0 Å². The molecule has 0 atom stereocenters. The monoisotopic (exact) mass is 273 g/mol. The van der Waals surface area contributed by atoms with Gasteiger partial charge in [0, 0.05) is 45.3 Å². The Morgan fingerprint density at radius 2 is 1.85 bits per heavy atom. The molecule has 1 fully saturated rings. The number of hydrogen-bond donors (Lipinski definition) is 1. The summed E-state index contributed by atoms with van der Waals surface area (Å²) in [6.07, 6.45) is 4.00. The summed E-state index contributed by atoms with van der Waals surface area (Å²) in [7, 11) is 2.17. The number of amides is 1. The molecule has 1 heterocycles. The van der Waals surface area contributed by atoms with E-state index in [0.717, 1.165) is 31.7 Å². The lowest BCUT2D eigenvalue weighted by atomic mass is 10.1. The Labute approximate surface area is 121 Å². The van der Waals surface area contributed by atoms with Crippen LogP contribution in [-0.2, 0) is 4.79 Å². The van der Waals surface area contributed by atoms with Gasteiger partial charge >= 0.3 is 0 Å². The third-order valence-corrected chi connectivity index (χ3v) is 3.54. The van der Waals surface area contributed by atoms with Crippen LogP contribution in [0.3, 0.4) is 0 Å². The normalized spacial score (nSPS) is 16.6. The van der Waals surface area contributed by atoms with Gasteiger partial charge in [0.25, 0.3) is 0 Å². The van der Waals surface area contributed by atoms with Gasteiger partial charge in [0.05, 0.1) is 0 Å². The van der Waals surface area contributed by atoms with Gasteiger partial charge in [0.2, 0.25) is 5.91 Å². The van der Waals surface area contributed by atoms with Crippen LogP contribution in [0.2, 0.25) is 0 Å². The Bertz CT molecular complexity index is 459. The third kappa shape index (κ3) is 4.38. The number of carbonyl (C=O) groups excluding carboxylic acids is 1. The highest BCUT2D eigenvalue weighted by Crippen LogP contribution is 2.17. The van der Waals surface area contributed by atoms with E-state index >= 15 is 0 Å². The summed E-state index contributed by atoms with van der Waals surface area (Å²) in [5.41, 5.74) is 2.45. The van der Waals surface area contributed by atoms with Gasteiger partial charge < -0.3 is 15.1 Å². The molecule has 1 N–H and O–H groups in total. The number of rotatable bonds is 4. The average molecular weight is 273 g/mol. The highest BCUT2D eigenvalue weighted by Gasteiger charge is 2.13. The number of benzene rings is 1. The van der Waals surface area contributed by atoms with Crippen LogP contribution in [0.15, 0.2) is 30.3 Å². The van der Waals surface area contributed by atoms with Crippen LogP contribution in [-0.4, -0.2) is 50.6 Å². The van der Waals surface area contributed by atoms with Crippen molar-refractivity contribution in [2.24, 2.45) is 0 Å². The summed E-state index contributed by atoms with van der Waals surface area (Å²) in [6.45, 7) is 6.54. The summed E-state index contributed by atoms with van der Waals surface area (Å²) in [4.78, 5) is 15.5. The van der Waals surface area contributed by atoms with E-state index in [2.05, 4.69) is 46.4 Å². The fraction of sp³-hybridized carbons (Fsp3) is 0.438. The summed E-state index contributed by atoms with van der Waals surface area (Å²) in [5, 5.41) is 2.74. The van der Waals surface area contributed by atoms with Crippen LogP contribution in [0.5, 0.6) is 0 Å². The lowest BCUT2D eigenvalue weighted by Crippen LogP contribution is -2.44. The molecule has 0 radical (unpaired) electrons. The lowest BCUT2D eigenvalue weighted by molar-refractivity contribution is -0.118. The molecule has 0 aromatic heterocycles. The van der Waals surface area contributed by atoms with Crippen molar-refractivity contribution in [3.8, 4) is 0 Å². The maximum Gasteiger partial charge on any atom is 0.217 e. The predicted octanol–water partition coefficient (Wildman–Crippen LogP) is 1.59. The topological polar surface area (TPSA) is 35.6 Å². The van der Waals surface area contributed by atoms with Gasteiger partial charge in [-0.05, 0) is 24.7 Å². The molecule has 0 bridgehead atoms. The van der Waals surface area contributed by atoms with Crippen LogP contribution in [0, 0.1) is 0 Å². The number of carbonyl (C=O) groups is 1. The Kier molecular flexibility index (Phi) is 5.18. The lowest BCUT2D eigenvalue weighted by Gasteiger charge is -2.34. The van der Waals surface area contributed by atoms with Crippen molar-refractivity contribution in [2.75, 3.05) is 44.7 Å². The van der Waals surface area contributed by atoms with E-state index in [1.807, 2.05) is 12.2 Å². The van der Waals surface area contributed by atoms with Crippen LogP contribution in [0.1, 0.15) is 12.5 Å². The molecule has 0 spiro atoms. The van der Waals surface area contributed by atoms with E-state index in [-0.39, 0.29) is 5.91 Å². The van der Waals surface area contributed by atoms with Gasteiger partial charge in [-0.2, -0.15) is 0 Å². The Morgan fingerprint density at radius 1 is 1.20 bits per heavy atom. The number of hydrogen-bond acceptors (Lipinski definition) is 3. The second-order valence-electron chi connectivity index (χ2n) is 5.22.